The number of urea groups is 1. The molecule has 0 aliphatic carbocycles. The fraction of sp³-hybridized carbons (Fsp3) is 0.636. The summed E-state index contributed by atoms with van der Waals surface area (Å²) in [5.41, 5.74) is 0. The van der Waals surface area contributed by atoms with Gasteiger partial charge in [-0.05, 0) is 6.42 Å². The van der Waals surface area contributed by atoms with Gasteiger partial charge in [0.25, 0.3) is 0 Å². The Kier molecular flexibility index (Phi) is 4.79. The van der Waals surface area contributed by atoms with E-state index in [1.54, 1.807) is 0 Å². The zero-order valence-electron chi connectivity index (χ0n) is 10.2. The molecule has 5 nitrogen and oxygen atoms in total. The molecule has 0 bridgehead atoms. The lowest BCUT2D eigenvalue weighted by Crippen LogP contribution is -2.45. The minimum atomic E-state index is -4.33. The molecule has 1 heterocycles. The largest absolute Gasteiger partial charge is 0.480 e. The fourth-order valence-electron chi connectivity index (χ4n) is 1.93. The molecule has 8 heteroatoms. The van der Waals surface area contributed by atoms with Gasteiger partial charge in [0.15, 0.2) is 0 Å². The topological polar surface area (TPSA) is 60.9 Å². The third kappa shape index (κ3) is 4.15. The van der Waals surface area contributed by atoms with E-state index in [9.17, 15) is 22.8 Å². The van der Waals surface area contributed by atoms with Crippen LogP contribution < -0.4 is 0 Å². The predicted octanol–water partition coefficient (Wildman–Crippen LogP) is 1.56. The molecule has 2 amide bonds. The van der Waals surface area contributed by atoms with Crippen LogP contribution in [0.25, 0.3) is 0 Å². The highest BCUT2D eigenvalue weighted by molar-refractivity contribution is 5.80. The highest BCUT2D eigenvalue weighted by atomic mass is 19.4. The monoisotopic (exact) mass is 280 g/mol. The maximum atomic E-state index is 12.5. The number of carboxylic acid groups (broad SMARTS) is 1. The fourth-order valence-corrected chi connectivity index (χ4v) is 1.93. The molecule has 1 fully saturated rings. The normalized spacial score (nSPS) is 19.3. The van der Waals surface area contributed by atoms with Gasteiger partial charge < -0.3 is 14.9 Å². The number of aliphatic carboxylic acids is 1. The van der Waals surface area contributed by atoms with E-state index in [0.29, 0.717) is 0 Å². The molecule has 1 N–H and O–H groups in total. The van der Waals surface area contributed by atoms with Crippen LogP contribution in [0.2, 0.25) is 0 Å². The predicted molar refractivity (Wildman–Crippen MR) is 60.5 cm³/mol. The van der Waals surface area contributed by atoms with Crippen LogP contribution in [-0.2, 0) is 4.79 Å². The Hall–Kier alpha value is -1.73. The van der Waals surface area contributed by atoms with E-state index < -0.39 is 37.2 Å². The summed E-state index contributed by atoms with van der Waals surface area (Å²) in [7, 11) is 0. The summed E-state index contributed by atoms with van der Waals surface area (Å²) in [5, 5.41) is 8.66. The number of likely N-dealkylation sites (tertiary alicyclic amines) is 1. The number of hydrogen-bond donors (Lipinski definition) is 1. The molecule has 0 aromatic rings. The van der Waals surface area contributed by atoms with Crippen molar-refractivity contribution in [2.24, 2.45) is 5.92 Å². The first-order valence-corrected chi connectivity index (χ1v) is 5.69. The van der Waals surface area contributed by atoms with Crippen molar-refractivity contribution in [1.82, 2.24) is 9.80 Å². The Morgan fingerprint density at radius 2 is 2.11 bits per heavy atom. The number of halogens is 3. The van der Waals surface area contributed by atoms with Gasteiger partial charge in [-0.3, -0.25) is 4.79 Å². The van der Waals surface area contributed by atoms with Crippen LogP contribution in [0.5, 0.6) is 0 Å². The SMILES string of the molecule is C=CCN(CC(=O)O)C(=O)N1CCC(C(F)(F)F)C1. The van der Waals surface area contributed by atoms with Crippen molar-refractivity contribution in [1.29, 1.82) is 0 Å². The maximum absolute atomic E-state index is 12.5. The summed E-state index contributed by atoms with van der Waals surface area (Å²) in [5.74, 6) is -2.76. The van der Waals surface area contributed by atoms with Gasteiger partial charge in [0.2, 0.25) is 0 Å². The molecule has 19 heavy (non-hydrogen) atoms. The molecule has 0 aromatic carbocycles. The number of rotatable bonds is 4. The number of nitrogens with zero attached hydrogens (tertiary/aromatic N) is 2. The van der Waals surface area contributed by atoms with Crippen molar-refractivity contribution in [2.45, 2.75) is 12.6 Å². The molecule has 1 saturated heterocycles. The summed E-state index contributed by atoms with van der Waals surface area (Å²) >= 11 is 0. The lowest BCUT2D eigenvalue weighted by molar-refractivity contribution is -0.170. The highest BCUT2D eigenvalue weighted by Crippen LogP contribution is 2.33. The van der Waals surface area contributed by atoms with E-state index in [-0.39, 0.29) is 19.5 Å². The second-order valence-electron chi connectivity index (χ2n) is 4.32. The van der Waals surface area contributed by atoms with Crippen LogP contribution >= 0.6 is 0 Å². The average molecular weight is 280 g/mol. The van der Waals surface area contributed by atoms with E-state index in [4.69, 9.17) is 5.11 Å². The Balaban J connectivity index is 2.66. The average Bonchev–Trinajstić information content (AvgIpc) is 2.75. The second kappa shape index (κ2) is 5.94. The maximum Gasteiger partial charge on any atom is 0.393 e. The number of carbonyl (C=O) groups excluding carboxylic acids is 1. The summed E-state index contributed by atoms with van der Waals surface area (Å²) in [6.07, 6.45) is -3.15. The Labute approximate surface area is 108 Å². The number of carbonyl (C=O) groups is 2. The van der Waals surface area contributed by atoms with Crippen LogP contribution in [0.15, 0.2) is 12.7 Å². The third-order valence-electron chi connectivity index (χ3n) is 2.87. The molecule has 1 aliphatic rings. The summed E-state index contributed by atoms with van der Waals surface area (Å²) in [6, 6.07) is -0.700. The number of amides is 2. The quantitative estimate of drug-likeness (QED) is 0.795. The lowest BCUT2D eigenvalue weighted by atomic mass is 10.1. The van der Waals surface area contributed by atoms with Crippen molar-refractivity contribution in [3.63, 3.8) is 0 Å². The summed E-state index contributed by atoms with van der Waals surface area (Å²) in [4.78, 5) is 24.5. The minimum absolute atomic E-state index is 0.0156. The zero-order chi connectivity index (χ0) is 14.6. The van der Waals surface area contributed by atoms with Crippen molar-refractivity contribution >= 4 is 12.0 Å². The molecular formula is C11H15F3N2O3. The Bertz CT molecular complexity index is 371. The molecule has 0 radical (unpaired) electrons. The molecule has 0 saturated carbocycles. The van der Waals surface area contributed by atoms with Gasteiger partial charge in [0, 0.05) is 19.6 Å². The lowest BCUT2D eigenvalue weighted by Gasteiger charge is -2.26. The molecule has 1 unspecified atom stereocenters. The van der Waals surface area contributed by atoms with Crippen LogP contribution in [0.3, 0.4) is 0 Å². The first-order valence-electron chi connectivity index (χ1n) is 5.69. The van der Waals surface area contributed by atoms with E-state index in [1.165, 1.54) is 6.08 Å². The van der Waals surface area contributed by atoms with Crippen molar-refractivity contribution in [3.8, 4) is 0 Å². The number of carboxylic acids is 1. The van der Waals surface area contributed by atoms with Crippen LogP contribution in [-0.4, -0.2) is 59.3 Å². The van der Waals surface area contributed by atoms with E-state index in [1.807, 2.05) is 0 Å². The minimum Gasteiger partial charge on any atom is -0.480 e. The van der Waals surface area contributed by atoms with Gasteiger partial charge in [-0.25, -0.2) is 4.79 Å². The summed E-state index contributed by atoms with van der Waals surface area (Å²) in [6.45, 7) is 2.37. The Morgan fingerprint density at radius 1 is 1.47 bits per heavy atom. The third-order valence-corrected chi connectivity index (χ3v) is 2.87. The molecule has 0 spiro atoms. The first-order chi connectivity index (χ1) is 8.75. The number of hydrogen-bond acceptors (Lipinski definition) is 2. The number of alkyl halides is 3. The van der Waals surface area contributed by atoms with Crippen LogP contribution in [0.1, 0.15) is 6.42 Å². The molecular weight excluding hydrogens is 265 g/mol. The molecule has 0 aromatic heterocycles. The van der Waals surface area contributed by atoms with Crippen molar-refractivity contribution < 1.29 is 27.9 Å². The molecule has 108 valence electrons. The van der Waals surface area contributed by atoms with E-state index in [0.717, 1.165) is 9.80 Å². The first kappa shape index (κ1) is 15.3. The van der Waals surface area contributed by atoms with Gasteiger partial charge in [-0.15, -0.1) is 6.58 Å². The van der Waals surface area contributed by atoms with Gasteiger partial charge in [0.1, 0.15) is 6.54 Å². The van der Waals surface area contributed by atoms with E-state index in [2.05, 4.69) is 6.58 Å². The Morgan fingerprint density at radius 3 is 2.53 bits per heavy atom. The van der Waals surface area contributed by atoms with Crippen LogP contribution in [0.4, 0.5) is 18.0 Å². The molecule has 1 rings (SSSR count). The standard InChI is InChI=1S/C11H15F3N2O3/c1-2-4-15(7-9(17)18)10(19)16-5-3-8(6-16)11(12,13)14/h2,8H,1,3-7H2,(H,17,18). The van der Waals surface area contributed by atoms with Gasteiger partial charge in [-0.1, -0.05) is 6.08 Å². The van der Waals surface area contributed by atoms with Crippen molar-refractivity contribution in [2.75, 3.05) is 26.2 Å². The molecule has 1 aliphatic heterocycles. The van der Waals surface area contributed by atoms with Gasteiger partial charge in [-0.2, -0.15) is 13.2 Å². The van der Waals surface area contributed by atoms with Crippen LogP contribution in [0, 0.1) is 5.92 Å². The van der Waals surface area contributed by atoms with E-state index >= 15 is 0 Å². The van der Waals surface area contributed by atoms with Crippen molar-refractivity contribution in [3.05, 3.63) is 12.7 Å². The molecule has 1 atom stereocenters. The van der Waals surface area contributed by atoms with Gasteiger partial charge >= 0.3 is 18.2 Å². The highest BCUT2D eigenvalue weighted by Gasteiger charge is 2.45. The zero-order valence-corrected chi connectivity index (χ0v) is 10.2. The summed E-state index contributed by atoms with van der Waals surface area (Å²) < 4.78 is 37.5. The smallest absolute Gasteiger partial charge is 0.393 e. The van der Waals surface area contributed by atoms with Gasteiger partial charge in [0.05, 0.1) is 5.92 Å². The second-order valence-corrected chi connectivity index (χ2v) is 4.32.